The van der Waals surface area contributed by atoms with Gasteiger partial charge in [0.25, 0.3) is 0 Å². The molecule has 0 rings (SSSR count). The van der Waals surface area contributed by atoms with Crippen LogP contribution in [0.2, 0.25) is 0 Å². The van der Waals surface area contributed by atoms with E-state index < -0.39 is 41.8 Å². The molecule has 19 heavy (non-hydrogen) atoms. The maximum Gasteiger partial charge on any atom is 0.469 e. The van der Waals surface area contributed by atoms with E-state index in [0.717, 1.165) is 0 Å². The van der Waals surface area contributed by atoms with Gasteiger partial charge in [0.05, 0.1) is 6.42 Å². The first-order chi connectivity index (χ1) is 8.21. The van der Waals surface area contributed by atoms with Crippen LogP contribution in [0.15, 0.2) is 11.6 Å². The molecule has 0 aliphatic rings. The van der Waals surface area contributed by atoms with Crippen LogP contribution in [-0.4, -0.2) is 30.3 Å². The molecule has 2 nitrogen and oxygen atoms in total. The molecule has 0 aromatic carbocycles. The van der Waals surface area contributed by atoms with Gasteiger partial charge in [-0.2, -0.15) is 30.7 Å². The van der Waals surface area contributed by atoms with Crippen molar-refractivity contribution >= 4 is 17.6 Å². The Bertz CT molecular complexity index is 364. The van der Waals surface area contributed by atoms with Crippen molar-refractivity contribution in [2.24, 2.45) is 0 Å². The van der Waals surface area contributed by atoms with E-state index in [2.05, 4.69) is 11.3 Å². The van der Waals surface area contributed by atoms with Crippen molar-refractivity contribution in [3.05, 3.63) is 11.6 Å². The zero-order chi connectivity index (χ0) is 15.6. The summed E-state index contributed by atoms with van der Waals surface area (Å²) in [4.78, 5) is 10.5. The summed E-state index contributed by atoms with van der Waals surface area (Å²) in [5.41, 5.74) is 0. The molecule has 0 aliphatic carbocycles. The first-order valence-electron chi connectivity index (χ1n) is 4.25. The number of ether oxygens (including phenoxy) is 1. The van der Waals surface area contributed by atoms with Crippen LogP contribution in [0.25, 0.3) is 0 Å². The lowest BCUT2D eigenvalue weighted by molar-refractivity contribution is -0.349. The second-order valence-electron chi connectivity index (χ2n) is 3.22. The fourth-order valence-corrected chi connectivity index (χ4v) is 0.792. The second kappa shape index (κ2) is 5.51. The fraction of sp³-hybridized carbons (Fsp3) is 0.625. The largest absolute Gasteiger partial charge is 0.469 e. The molecule has 0 aromatic rings. The van der Waals surface area contributed by atoms with Crippen molar-refractivity contribution < 1.29 is 44.7 Å². The van der Waals surface area contributed by atoms with Gasteiger partial charge >= 0.3 is 24.2 Å². The van der Waals surface area contributed by atoms with Crippen molar-refractivity contribution in [2.45, 2.75) is 30.8 Å². The van der Waals surface area contributed by atoms with Gasteiger partial charge in [-0.3, -0.25) is 0 Å². The molecule has 1 unspecified atom stereocenters. The van der Waals surface area contributed by atoms with Crippen molar-refractivity contribution in [1.29, 1.82) is 0 Å². The van der Waals surface area contributed by atoms with Crippen LogP contribution in [0, 0.1) is 0 Å². The van der Waals surface area contributed by atoms with E-state index in [4.69, 9.17) is 11.6 Å². The highest BCUT2D eigenvalue weighted by molar-refractivity contribution is 6.40. The van der Waals surface area contributed by atoms with Gasteiger partial charge in [0, 0.05) is 0 Å². The molecular weight excluding hydrogens is 316 g/mol. The zero-order valence-electron chi connectivity index (χ0n) is 8.71. The molecule has 11 heteroatoms. The molecule has 0 radical (unpaired) electrons. The van der Waals surface area contributed by atoms with Crippen LogP contribution < -0.4 is 0 Å². The number of hydrogen-bond acceptors (Lipinski definition) is 2. The zero-order valence-corrected chi connectivity index (χ0v) is 9.47. The molecule has 1 atom stereocenters. The van der Waals surface area contributed by atoms with Crippen LogP contribution in [0.3, 0.4) is 0 Å². The monoisotopic (exact) mass is 320 g/mol. The van der Waals surface area contributed by atoms with Gasteiger partial charge in [-0.05, 0) is 0 Å². The van der Waals surface area contributed by atoms with Crippen molar-refractivity contribution in [2.75, 3.05) is 0 Å². The van der Waals surface area contributed by atoms with E-state index in [-0.39, 0.29) is 0 Å². The molecule has 0 fully saturated rings. The molecule has 0 heterocycles. The quantitative estimate of drug-likeness (QED) is 0.437. The van der Waals surface area contributed by atoms with Gasteiger partial charge in [0.15, 0.2) is 6.17 Å². The number of carbonyl (C=O) groups excluding carboxylic acids is 1. The normalized spacial score (nSPS) is 15.0. The number of halogens is 9. The highest BCUT2D eigenvalue weighted by atomic mass is 35.5. The lowest BCUT2D eigenvalue weighted by Gasteiger charge is -2.28. The molecule has 112 valence electrons. The van der Waals surface area contributed by atoms with Gasteiger partial charge in [-0.25, -0.2) is 9.18 Å². The summed E-state index contributed by atoms with van der Waals surface area (Å²) in [5, 5.41) is -1.23. The first kappa shape index (κ1) is 17.9. The summed E-state index contributed by atoms with van der Waals surface area (Å²) in [6, 6.07) is 0. The summed E-state index contributed by atoms with van der Waals surface area (Å²) < 4.78 is 101. The topological polar surface area (TPSA) is 26.3 Å². The van der Waals surface area contributed by atoms with E-state index in [1.807, 2.05) is 0 Å². The minimum absolute atomic E-state index is 1.23. The highest BCUT2D eigenvalue weighted by Crippen LogP contribution is 2.43. The summed E-state index contributed by atoms with van der Waals surface area (Å²) in [7, 11) is 0. The third-order valence-electron chi connectivity index (χ3n) is 1.63. The minimum Gasteiger partial charge on any atom is -0.392 e. The minimum atomic E-state index is -5.88. The van der Waals surface area contributed by atoms with Crippen molar-refractivity contribution in [3.63, 3.8) is 0 Å². The van der Waals surface area contributed by atoms with E-state index >= 15 is 0 Å². The Morgan fingerprint density at radius 1 is 1.16 bits per heavy atom. The lowest BCUT2D eigenvalue weighted by atomic mass is 10.1. The maximum absolute atomic E-state index is 12.8. The number of esters is 1. The Morgan fingerprint density at radius 3 is 1.89 bits per heavy atom. The standard InChI is InChI=1S/C8H5ClF8O2/c1-3(9)5(18)19-8(16,17)7(14,15)4(10)2-6(11,12)13/h4H,1-2H2. The van der Waals surface area contributed by atoms with Gasteiger partial charge in [0.2, 0.25) is 0 Å². The third-order valence-corrected chi connectivity index (χ3v) is 1.79. The summed E-state index contributed by atoms with van der Waals surface area (Å²) in [6.07, 6.45) is -18.4. The lowest BCUT2D eigenvalue weighted by Crippen LogP contribution is -2.51. The first-order valence-corrected chi connectivity index (χ1v) is 4.62. The Balaban J connectivity index is 5.05. The third kappa shape index (κ3) is 4.84. The number of hydrogen-bond donors (Lipinski definition) is 0. The molecule has 0 amide bonds. The Kier molecular flexibility index (Phi) is 5.21. The van der Waals surface area contributed by atoms with Gasteiger partial charge < -0.3 is 4.74 Å². The number of carbonyl (C=O) groups is 1. The van der Waals surface area contributed by atoms with E-state index in [1.165, 1.54) is 0 Å². The van der Waals surface area contributed by atoms with Gasteiger partial charge in [-0.15, -0.1) is 0 Å². The molecule has 0 saturated heterocycles. The molecule has 0 bridgehead atoms. The number of rotatable bonds is 5. The summed E-state index contributed by atoms with van der Waals surface area (Å²) in [6.45, 7) is 2.56. The fourth-order valence-electron chi connectivity index (χ4n) is 0.754. The Hall–Kier alpha value is -1.06. The Labute approximate surface area is 106 Å². The van der Waals surface area contributed by atoms with E-state index in [1.54, 1.807) is 0 Å². The van der Waals surface area contributed by atoms with Gasteiger partial charge in [-0.1, -0.05) is 18.2 Å². The summed E-state index contributed by atoms with van der Waals surface area (Å²) in [5.74, 6) is -8.10. The molecule has 0 saturated carbocycles. The average molecular weight is 321 g/mol. The SMILES string of the molecule is C=C(Cl)C(=O)OC(F)(F)C(F)(F)C(F)CC(F)(F)F. The van der Waals surface area contributed by atoms with E-state index in [0.29, 0.717) is 0 Å². The smallest absolute Gasteiger partial charge is 0.392 e. The average Bonchev–Trinajstić information content (AvgIpc) is 2.13. The number of alkyl halides is 8. The molecule has 0 aliphatic heterocycles. The van der Waals surface area contributed by atoms with Crippen LogP contribution in [-0.2, 0) is 9.53 Å². The predicted octanol–water partition coefficient (Wildman–Crippen LogP) is 3.80. The molecule has 0 spiro atoms. The van der Waals surface area contributed by atoms with Gasteiger partial charge in [0.1, 0.15) is 5.03 Å². The van der Waals surface area contributed by atoms with Crippen molar-refractivity contribution in [1.82, 2.24) is 0 Å². The van der Waals surface area contributed by atoms with Crippen molar-refractivity contribution in [3.8, 4) is 0 Å². The summed E-state index contributed by atoms with van der Waals surface area (Å²) >= 11 is 4.75. The van der Waals surface area contributed by atoms with E-state index in [9.17, 15) is 39.9 Å². The molecular formula is C8H5ClF8O2. The van der Waals surface area contributed by atoms with Crippen LogP contribution in [0.4, 0.5) is 35.1 Å². The molecule has 0 N–H and O–H groups in total. The van der Waals surface area contributed by atoms with Crippen LogP contribution in [0.1, 0.15) is 6.42 Å². The Morgan fingerprint density at radius 2 is 1.58 bits per heavy atom. The maximum atomic E-state index is 12.8. The predicted molar refractivity (Wildman–Crippen MR) is 46.5 cm³/mol. The molecule has 0 aromatic heterocycles. The van der Waals surface area contributed by atoms with Crippen LogP contribution >= 0.6 is 11.6 Å². The second-order valence-corrected chi connectivity index (χ2v) is 3.68. The highest BCUT2D eigenvalue weighted by Gasteiger charge is 2.67. The van der Waals surface area contributed by atoms with Crippen LogP contribution in [0.5, 0.6) is 0 Å².